The Balaban J connectivity index is 2.53. The van der Waals surface area contributed by atoms with Crippen LogP contribution in [0.2, 0.25) is 0 Å². The predicted octanol–water partition coefficient (Wildman–Crippen LogP) is 1.64. The summed E-state index contributed by atoms with van der Waals surface area (Å²) in [5.74, 6) is 0.279. The van der Waals surface area contributed by atoms with Crippen molar-refractivity contribution in [3.05, 3.63) is 36.0 Å². The lowest BCUT2D eigenvalue weighted by Gasteiger charge is -1.99. The van der Waals surface area contributed by atoms with Gasteiger partial charge in [-0.1, -0.05) is 0 Å². The van der Waals surface area contributed by atoms with E-state index in [1.165, 1.54) is 6.20 Å². The van der Waals surface area contributed by atoms with E-state index in [1.54, 1.807) is 31.6 Å². The normalized spacial score (nSPS) is 12.4. The number of aliphatic imine (C=N–C) groups is 1. The number of carbonyl (C=O) groups excluding carboxylic acids is 1. The highest BCUT2D eigenvalue weighted by atomic mass is 16.3. The van der Waals surface area contributed by atoms with Gasteiger partial charge < -0.3 is 10.2 Å². The summed E-state index contributed by atoms with van der Waals surface area (Å²) in [7, 11) is 1.66. The molecule has 0 aliphatic carbocycles. The molecule has 2 aromatic heterocycles. The molecule has 0 bridgehead atoms. The van der Waals surface area contributed by atoms with Crippen molar-refractivity contribution >= 4 is 29.0 Å². The Labute approximate surface area is 97.7 Å². The summed E-state index contributed by atoms with van der Waals surface area (Å²) in [6.45, 7) is 0. The van der Waals surface area contributed by atoms with Gasteiger partial charge in [0.05, 0.1) is 11.9 Å². The van der Waals surface area contributed by atoms with Crippen LogP contribution in [-0.2, 0) is 0 Å². The third-order valence-corrected chi connectivity index (χ3v) is 2.28. The number of nitrogens with two attached hydrogens (primary N) is 1. The number of hydrogen-bond acceptors (Lipinski definition) is 5. The quantitative estimate of drug-likeness (QED) is 0.640. The van der Waals surface area contributed by atoms with Crippen LogP contribution in [0.25, 0.3) is 16.5 Å². The minimum absolute atomic E-state index is 0.279. The molecule has 0 spiro atoms. The number of pyridine rings is 1. The minimum Gasteiger partial charge on any atom is -0.452 e. The molecule has 0 atom stereocenters. The zero-order valence-corrected chi connectivity index (χ0v) is 9.25. The van der Waals surface area contributed by atoms with Gasteiger partial charge in [-0.2, -0.15) is 0 Å². The van der Waals surface area contributed by atoms with Crippen molar-refractivity contribution in [1.82, 2.24) is 4.98 Å². The van der Waals surface area contributed by atoms with Crippen LogP contribution in [0.1, 0.15) is 16.2 Å². The molecule has 0 aliphatic heterocycles. The van der Waals surface area contributed by atoms with E-state index in [4.69, 9.17) is 10.2 Å². The van der Waals surface area contributed by atoms with Crippen LogP contribution in [0.15, 0.2) is 33.9 Å². The molecule has 0 saturated carbocycles. The number of fused-ring (bicyclic) bond motifs is 1. The smallest absolute Gasteiger partial charge is 0.185 e. The third-order valence-electron chi connectivity index (χ3n) is 2.28. The fourth-order valence-corrected chi connectivity index (χ4v) is 1.52. The Morgan fingerprint density at radius 3 is 3.00 bits per heavy atom. The van der Waals surface area contributed by atoms with Crippen molar-refractivity contribution in [2.75, 3.05) is 7.05 Å². The molecule has 86 valence electrons. The van der Waals surface area contributed by atoms with Crippen molar-refractivity contribution in [1.29, 1.82) is 0 Å². The Morgan fingerprint density at radius 2 is 2.35 bits per heavy atom. The first kappa shape index (κ1) is 11.1. The van der Waals surface area contributed by atoms with E-state index < -0.39 is 0 Å². The fraction of sp³-hybridized carbons (Fsp3) is 0.0833. The lowest BCUT2D eigenvalue weighted by atomic mass is 10.1. The molecule has 2 rings (SSSR count). The van der Waals surface area contributed by atoms with E-state index in [-0.39, 0.29) is 5.76 Å². The van der Waals surface area contributed by atoms with Crippen molar-refractivity contribution in [3.63, 3.8) is 0 Å². The van der Waals surface area contributed by atoms with E-state index >= 15 is 0 Å². The van der Waals surface area contributed by atoms with Gasteiger partial charge in [-0.15, -0.1) is 0 Å². The number of hydrogen-bond donors (Lipinski definition) is 1. The standard InChI is InChI=1S/C12H11N3O2/c1-14-5-9(4-13)11-3-8-2-10(7-16)17-12(8)6-15-11/h2-7H,13H2,1H3/b9-4+,14-5?. The van der Waals surface area contributed by atoms with Gasteiger partial charge in [-0.05, 0) is 12.1 Å². The van der Waals surface area contributed by atoms with Gasteiger partial charge in [0.2, 0.25) is 0 Å². The summed E-state index contributed by atoms with van der Waals surface area (Å²) in [4.78, 5) is 18.7. The zero-order chi connectivity index (χ0) is 12.3. The second-order valence-electron chi connectivity index (χ2n) is 3.38. The largest absolute Gasteiger partial charge is 0.452 e. The molecule has 0 fully saturated rings. The molecule has 0 aromatic carbocycles. The van der Waals surface area contributed by atoms with Crippen LogP contribution in [0.3, 0.4) is 0 Å². The molecule has 0 aliphatic rings. The second kappa shape index (κ2) is 4.61. The first-order chi connectivity index (χ1) is 8.28. The van der Waals surface area contributed by atoms with Crippen molar-refractivity contribution < 1.29 is 9.21 Å². The Kier molecular flexibility index (Phi) is 3.00. The molecule has 2 aromatic rings. The number of aldehydes is 1. The molecular weight excluding hydrogens is 218 g/mol. The topological polar surface area (TPSA) is 81.5 Å². The number of furan rings is 1. The molecule has 2 heterocycles. The van der Waals surface area contributed by atoms with E-state index in [2.05, 4.69) is 9.98 Å². The molecule has 0 amide bonds. The van der Waals surface area contributed by atoms with Gasteiger partial charge in [0.15, 0.2) is 17.6 Å². The number of nitrogens with zero attached hydrogens (tertiary/aromatic N) is 2. The highest BCUT2D eigenvalue weighted by Gasteiger charge is 2.06. The van der Waals surface area contributed by atoms with Crippen LogP contribution >= 0.6 is 0 Å². The average molecular weight is 229 g/mol. The maximum Gasteiger partial charge on any atom is 0.185 e. The third kappa shape index (κ3) is 2.08. The van der Waals surface area contributed by atoms with Gasteiger partial charge in [-0.25, -0.2) is 0 Å². The molecule has 0 radical (unpaired) electrons. The van der Waals surface area contributed by atoms with Gasteiger partial charge in [0.25, 0.3) is 0 Å². The first-order valence-electron chi connectivity index (χ1n) is 4.97. The molecule has 0 unspecified atom stereocenters. The molecule has 5 nitrogen and oxygen atoms in total. The monoisotopic (exact) mass is 229 g/mol. The maximum atomic E-state index is 10.6. The van der Waals surface area contributed by atoms with Crippen LogP contribution in [-0.4, -0.2) is 24.5 Å². The molecule has 5 heteroatoms. The highest BCUT2D eigenvalue weighted by Crippen LogP contribution is 2.20. The summed E-state index contributed by atoms with van der Waals surface area (Å²) in [6.07, 6.45) is 5.27. The first-order valence-corrected chi connectivity index (χ1v) is 4.97. The van der Waals surface area contributed by atoms with Crippen LogP contribution < -0.4 is 5.73 Å². The summed E-state index contributed by atoms with van der Waals surface area (Å²) >= 11 is 0. The summed E-state index contributed by atoms with van der Waals surface area (Å²) in [6, 6.07) is 3.46. The zero-order valence-electron chi connectivity index (χ0n) is 9.25. The van der Waals surface area contributed by atoms with Crippen LogP contribution in [0.4, 0.5) is 0 Å². The SMILES string of the molecule is CN=C/C(=C\N)c1cc2cc(C=O)oc2cn1. The Morgan fingerprint density at radius 1 is 1.53 bits per heavy atom. The van der Waals surface area contributed by atoms with Gasteiger partial charge in [0.1, 0.15) is 0 Å². The van der Waals surface area contributed by atoms with Crippen LogP contribution in [0.5, 0.6) is 0 Å². The average Bonchev–Trinajstić information content (AvgIpc) is 2.77. The highest BCUT2D eigenvalue weighted by molar-refractivity contribution is 6.09. The van der Waals surface area contributed by atoms with Gasteiger partial charge in [0, 0.05) is 30.4 Å². The minimum atomic E-state index is 0.279. The number of allylic oxidation sites excluding steroid dienone is 1. The lowest BCUT2D eigenvalue weighted by molar-refractivity contribution is 0.110. The van der Waals surface area contributed by atoms with Crippen LogP contribution in [0, 0.1) is 0 Å². The molecular formula is C12H11N3O2. The number of aromatic nitrogens is 1. The van der Waals surface area contributed by atoms with E-state index in [0.717, 1.165) is 5.39 Å². The Hall–Kier alpha value is -2.43. The van der Waals surface area contributed by atoms with E-state index in [0.29, 0.717) is 23.1 Å². The Bertz CT molecular complexity index is 611. The second-order valence-corrected chi connectivity index (χ2v) is 3.38. The predicted molar refractivity (Wildman–Crippen MR) is 66.0 cm³/mol. The maximum absolute atomic E-state index is 10.6. The van der Waals surface area contributed by atoms with E-state index in [9.17, 15) is 4.79 Å². The summed E-state index contributed by atoms with van der Waals surface area (Å²) in [5, 5.41) is 0.806. The molecule has 0 saturated heterocycles. The lowest BCUT2D eigenvalue weighted by Crippen LogP contribution is -1.93. The van der Waals surface area contributed by atoms with Crippen molar-refractivity contribution in [2.24, 2.45) is 10.7 Å². The summed E-state index contributed by atoms with van der Waals surface area (Å²) in [5.41, 5.74) is 7.46. The van der Waals surface area contributed by atoms with Gasteiger partial charge >= 0.3 is 0 Å². The number of rotatable bonds is 3. The van der Waals surface area contributed by atoms with Gasteiger partial charge in [-0.3, -0.25) is 14.8 Å². The molecule has 2 N–H and O–H groups in total. The fourth-order valence-electron chi connectivity index (χ4n) is 1.52. The van der Waals surface area contributed by atoms with Crippen molar-refractivity contribution in [2.45, 2.75) is 0 Å². The van der Waals surface area contributed by atoms with Crippen molar-refractivity contribution in [3.8, 4) is 0 Å². The molecule has 17 heavy (non-hydrogen) atoms. The summed E-state index contributed by atoms with van der Waals surface area (Å²) < 4.78 is 5.23. The number of carbonyl (C=O) groups is 1. The van der Waals surface area contributed by atoms with E-state index in [1.807, 2.05) is 0 Å².